The third kappa shape index (κ3) is 3.41. The Hall–Kier alpha value is -1.22. The first-order valence-electron chi connectivity index (χ1n) is 6.10. The molecule has 0 saturated heterocycles. The first kappa shape index (κ1) is 14.2. The van der Waals surface area contributed by atoms with E-state index in [0.717, 1.165) is 22.8 Å². The molecule has 1 fully saturated rings. The van der Waals surface area contributed by atoms with Crippen LogP contribution in [0.15, 0.2) is 48.5 Å². The van der Waals surface area contributed by atoms with Gasteiger partial charge in [0.1, 0.15) is 0 Å². The highest BCUT2D eigenvalue weighted by atomic mass is 35.5. The summed E-state index contributed by atoms with van der Waals surface area (Å²) >= 11 is 5.85. The molecule has 2 unspecified atom stereocenters. The zero-order valence-corrected chi connectivity index (χ0v) is 11.9. The Bertz CT molecular complexity index is 537. The molecule has 4 heteroatoms. The molecule has 0 bridgehead atoms. The van der Waals surface area contributed by atoms with Crippen molar-refractivity contribution >= 4 is 35.4 Å². The van der Waals surface area contributed by atoms with Gasteiger partial charge in [0.2, 0.25) is 0 Å². The first-order chi connectivity index (χ1) is 8.72. The summed E-state index contributed by atoms with van der Waals surface area (Å²) in [5, 5.41) is 4.09. The van der Waals surface area contributed by atoms with Gasteiger partial charge in [-0.1, -0.05) is 23.7 Å². The van der Waals surface area contributed by atoms with Crippen molar-refractivity contribution in [3.63, 3.8) is 0 Å². The van der Waals surface area contributed by atoms with Gasteiger partial charge in [-0.2, -0.15) is 0 Å². The van der Waals surface area contributed by atoms with Crippen LogP contribution in [-0.2, 0) is 0 Å². The minimum atomic E-state index is 0. The maximum absolute atomic E-state index is 5.85. The number of benzene rings is 2. The van der Waals surface area contributed by atoms with Crippen LogP contribution in [0, 0.1) is 0 Å². The number of nitrogens with one attached hydrogen (secondary N) is 1. The topological polar surface area (TPSA) is 38.0 Å². The predicted octanol–water partition coefficient (Wildman–Crippen LogP) is 4.32. The molecule has 2 aromatic carbocycles. The van der Waals surface area contributed by atoms with Gasteiger partial charge in [0.25, 0.3) is 0 Å². The molecule has 1 aliphatic carbocycles. The number of halogens is 2. The molecule has 0 heterocycles. The average molecular weight is 295 g/mol. The van der Waals surface area contributed by atoms with Crippen molar-refractivity contribution in [2.45, 2.75) is 18.4 Å². The number of rotatable bonds is 3. The van der Waals surface area contributed by atoms with Crippen LogP contribution in [0.25, 0.3) is 0 Å². The third-order valence-electron chi connectivity index (χ3n) is 3.31. The summed E-state index contributed by atoms with van der Waals surface area (Å²) in [6.45, 7) is 0. The zero-order valence-electron chi connectivity index (χ0n) is 10.3. The molecule has 0 amide bonds. The van der Waals surface area contributed by atoms with E-state index in [9.17, 15) is 0 Å². The lowest BCUT2D eigenvalue weighted by Gasteiger charge is -2.07. The highest BCUT2D eigenvalue weighted by Crippen LogP contribution is 2.39. The Morgan fingerprint density at radius 2 is 1.42 bits per heavy atom. The van der Waals surface area contributed by atoms with Crippen molar-refractivity contribution < 1.29 is 0 Å². The van der Waals surface area contributed by atoms with E-state index in [4.69, 9.17) is 17.3 Å². The second kappa shape index (κ2) is 5.83. The van der Waals surface area contributed by atoms with Crippen LogP contribution >= 0.6 is 24.0 Å². The summed E-state index contributed by atoms with van der Waals surface area (Å²) in [5.74, 6) is 0.564. The number of hydrogen-bond donors (Lipinski definition) is 2. The molecule has 0 aliphatic heterocycles. The molecule has 3 N–H and O–H groups in total. The van der Waals surface area contributed by atoms with E-state index in [1.807, 2.05) is 24.3 Å². The summed E-state index contributed by atoms with van der Waals surface area (Å²) < 4.78 is 0. The van der Waals surface area contributed by atoms with Gasteiger partial charge < -0.3 is 11.1 Å². The molecule has 19 heavy (non-hydrogen) atoms. The summed E-state index contributed by atoms with van der Waals surface area (Å²) in [5.41, 5.74) is 9.30. The smallest absolute Gasteiger partial charge is 0.0407 e. The first-order valence-corrected chi connectivity index (χ1v) is 6.48. The second-order valence-corrected chi connectivity index (χ2v) is 5.20. The fourth-order valence-corrected chi connectivity index (χ4v) is 2.24. The quantitative estimate of drug-likeness (QED) is 0.885. The molecule has 3 rings (SSSR count). The summed E-state index contributed by atoms with van der Waals surface area (Å²) in [6.07, 6.45) is 1.12. The van der Waals surface area contributed by atoms with Gasteiger partial charge in [0, 0.05) is 28.4 Å². The normalized spacial score (nSPS) is 20.5. The largest absolute Gasteiger partial charge is 0.356 e. The molecule has 2 nitrogen and oxygen atoms in total. The van der Waals surface area contributed by atoms with E-state index in [-0.39, 0.29) is 12.4 Å². The standard InChI is InChI=1S/C15H15ClN2.ClH/c16-11-3-7-13(8-4-11)18-12-5-1-10(2-6-12)14-9-15(14)17;/h1-8,14-15,18H,9,17H2;1H. The lowest BCUT2D eigenvalue weighted by Crippen LogP contribution is -2.00. The van der Waals surface area contributed by atoms with Crippen LogP contribution in [-0.4, -0.2) is 6.04 Å². The van der Waals surface area contributed by atoms with Crippen LogP contribution in [0.2, 0.25) is 5.02 Å². The van der Waals surface area contributed by atoms with Crippen LogP contribution in [0.4, 0.5) is 11.4 Å². The van der Waals surface area contributed by atoms with Gasteiger partial charge in [-0.3, -0.25) is 0 Å². The molecule has 100 valence electrons. The summed E-state index contributed by atoms with van der Waals surface area (Å²) in [7, 11) is 0. The third-order valence-corrected chi connectivity index (χ3v) is 3.56. The van der Waals surface area contributed by atoms with Crippen LogP contribution in [0.1, 0.15) is 17.9 Å². The lowest BCUT2D eigenvalue weighted by molar-refractivity contribution is 0.991. The minimum Gasteiger partial charge on any atom is -0.356 e. The van der Waals surface area contributed by atoms with E-state index in [1.165, 1.54) is 5.56 Å². The van der Waals surface area contributed by atoms with Crippen molar-refractivity contribution in [3.05, 3.63) is 59.1 Å². The SMILES string of the molecule is Cl.NC1CC1c1ccc(Nc2ccc(Cl)cc2)cc1. The molecule has 0 radical (unpaired) electrons. The molecule has 1 aliphatic rings. The Morgan fingerprint density at radius 3 is 1.89 bits per heavy atom. The molecular weight excluding hydrogens is 279 g/mol. The van der Waals surface area contributed by atoms with E-state index in [0.29, 0.717) is 12.0 Å². The number of hydrogen-bond acceptors (Lipinski definition) is 2. The van der Waals surface area contributed by atoms with Gasteiger partial charge >= 0.3 is 0 Å². The van der Waals surface area contributed by atoms with Gasteiger partial charge in [-0.15, -0.1) is 12.4 Å². The predicted molar refractivity (Wildman–Crippen MR) is 83.8 cm³/mol. The van der Waals surface area contributed by atoms with Crippen LogP contribution < -0.4 is 11.1 Å². The van der Waals surface area contributed by atoms with E-state index in [1.54, 1.807) is 0 Å². The second-order valence-electron chi connectivity index (χ2n) is 4.76. The molecule has 0 spiro atoms. The highest BCUT2D eigenvalue weighted by molar-refractivity contribution is 6.30. The molecule has 2 aromatic rings. The number of anilines is 2. The summed E-state index contributed by atoms with van der Waals surface area (Å²) in [6, 6.07) is 16.5. The van der Waals surface area contributed by atoms with Crippen LogP contribution in [0.3, 0.4) is 0 Å². The van der Waals surface area contributed by atoms with Gasteiger partial charge in [0.05, 0.1) is 0 Å². The molecule has 1 saturated carbocycles. The van der Waals surface area contributed by atoms with Crippen molar-refractivity contribution in [1.82, 2.24) is 0 Å². The fraction of sp³-hybridized carbons (Fsp3) is 0.200. The fourth-order valence-electron chi connectivity index (χ4n) is 2.11. The molecule has 0 aromatic heterocycles. The Kier molecular flexibility index (Phi) is 4.35. The summed E-state index contributed by atoms with van der Waals surface area (Å²) in [4.78, 5) is 0. The minimum absolute atomic E-state index is 0. The van der Waals surface area contributed by atoms with E-state index >= 15 is 0 Å². The highest BCUT2D eigenvalue weighted by Gasteiger charge is 2.34. The van der Waals surface area contributed by atoms with Crippen molar-refractivity contribution in [1.29, 1.82) is 0 Å². The van der Waals surface area contributed by atoms with E-state index < -0.39 is 0 Å². The van der Waals surface area contributed by atoms with Crippen LogP contribution in [0.5, 0.6) is 0 Å². The van der Waals surface area contributed by atoms with Gasteiger partial charge in [0.15, 0.2) is 0 Å². The van der Waals surface area contributed by atoms with Gasteiger partial charge in [-0.25, -0.2) is 0 Å². The average Bonchev–Trinajstić information content (AvgIpc) is 3.10. The maximum atomic E-state index is 5.85. The Morgan fingerprint density at radius 1 is 0.947 bits per heavy atom. The monoisotopic (exact) mass is 294 g/mol. The van der Waals surface area contributed by atoms with Crippen molar-refractivity contribution in [2.75, 3.05) is 5.32 Å². The van der Waals surface area contributed by atoms with Crippen molar-refractivity contribution in [3.8, 4) is 0 Å². The zero-order chi connectivity index (χ0) is 12.5. The Labute approximate surface area is 124 Å². The van der Waals surface area contributed by atoms with E-state index in [2.05, 4.69) is 29.6 Å². The van der Waals surface area contributed by atoms with Crippen molar-refractivity contribution in [2.24, 2.45) is 5.73 Å². The number of nitrogens with two attached hydrogens (primary N) is 1. The Balaban J connectivity index is 0.00000133. The molecular formula is C15H16Cl2N2. The molecule has 2 atom stereocenters. The van der Waals surface area contributed by atoms with Gasteiger partial charge in [-0.05, 0) is 48.4 Å². The lowest BCUT2D eigenvalue weighted by atomic mass is 10.1. The maximum Gasteiger partial charge on any atom is 0.0407 e.